The van der Waals surface area contributed by atoms with E-state index in [0.29, 0.717) is 6.04 Å². The Morgan fingerprint density at radius 3 is 3.09 bits per heavy atom. The van der Waals surface area contributed by atoms with Crippen molar-refractivity contribution in [1.29, 1.82) is 0 Å². The van der Waals surface area contributed by atoms with Gasteiger partial charge in [-0.1, -0.05) is 11.3 Å². The molecule has 0 aromatic carbocycles. The van der Waals surface area contributed by atoms with Gasteiger partial charge in [0.2, 0.25) is 5.13 Å². The third-order valence-electron chi connectivity index (χ3n) is 2.04. The lowest BCUT2D eigenvalue weighted by Crippen LogP contribution is -2.16. The van der Waals surface area contributed by atoms with Gasteiger partial charge in [0, 0.05) is 6.04 Å². The van der Waals surface area contributed by atoms with Crippen molar-refractivity contribution >= 4 is 16.5 Å². The molecule has 3 nitrogen and oxygen atoms in total. The molecule has 0 radical (unpaired) electrons. The molecule has 0 saturated heterocycles. The molecule has 1 N–H and O–H groups in total. The first-order chi connectivity index (χ1) is 5.36. The van der Waals surface area contributed by atoms with Crippen LogP contribution in [-0.4, -0.2) is 16.2 Å². The summed E-state index contributed by atoms with van der Waals surface area (Å²) in [4.78, 5) is 0. The van der Waals surface area contributed by atoms with Crippen LogP contribution in [0.2, 0.25) is 0 Å². The third kappa shape index (κ3) is 1.68. The van der Waals surface area contributed by atoms with Crippen LogP contribution in [0.1, 0.15) is 19.8 Å². The summed E-state index contributed by atoms with van der Waals surface area (Å²) >= 11 is 1.56. The molecule has 1 atom stereocenters. The Balaban J connectivity index is 1.89. The zero-order valence-electron chi connectivity index (χ0n) is 6.45. The number of nitrogens with zero attached hydrogens (tertiary/aromatic N) is 2. The van der Waals surface area contributed by atoms with Crippen molar-refractivity contribution in [3.63, 3.8) is 0 Å². The molecule has 60 valence electrons. The lowest BCUT2D eigenvalue weighted by molar-refractivity contribution is 0.692. The minimum atomic E-state index is 0.572. The molecule has 0 amide bonds. The fourth-order valence-corrected chi connectivity index (χ4v) is 1.69. The monoisotopic (exact) mass is 169 g/mol. The van der Waals surface area contributed by atoms with Gasteiger partial charge in [-0.05, 0) is 25.7 Å². The van der Waals surface area contributed by atoms with E-state index in [4.69, 9.17) is 0 Å². The van der Waals surface area contributed by atoms with Crippen molar-refractivity contribution in [1.82, 2.24) is 10.2 Å². The van der Waals surface area contributed by atoms with E-state index < -0.39 is 0 Å². The number of nitrogens with one attached hydrogen (secondary N) is 1. The highest BCUT2D eigenvalue weighted by Crippen LogP contribution is 2.33. The smallest absolute Gasteiger partial charge is 0.205 e. The first kappa shape index (κ1) is 7.03. The topological polar surface area (TPSA) is 37.8 Å². The Bertz CT molecular complexity index is 218. The van der Waals surface area contributed by atoms with Crippen LogP contribution in [0, 0.1) is 5.92 Å². The Labute approximate surface area is 69.8 Å². The van der Waals surface area contributed by atoms with Gasteiger partial charge in [0.1, 0.15) is 5.51 Å². The Hall–Kier alpha value is -0.640. The van der Waals surface area contributed by atoms with Crippen molar-refractivity contribution in [3.8, 4) is 0 Å². The predicted molar refractivity (Wildman–Crippen MR) is 45.7 cm³/mol. The summed E-state index contributed by atoms with van der Waals surface area (Å²) in [6, 6.07) is 0.572. The number of rotatable bonds is 3. The molecule has 1 fully saturated rings. The molecular weight excluding hydrogens is 158 g/mol. The SMILES string of the molecule is CC(Nc1nncs1)C1CC1. The maximum absolute atomic E-state index is 3.92. The number of hydrogen-bond donors (Lipinski definition) is 1. The average molecular weight is 169 g/mol. The highest BCUT2D eigenvalue weighted by atomic mass is 32.1. The second-order valence-electron chi connectivity index (χ2n) is 3.01. The van der Waals surface area contributed by atoms with Crippen molar-refractivity contribution in [2.24, 2.45) is 5.92 Å². The summed E-state index contributed by atoms with van der Waals surface area (Å²) in [6.45, 7) is 2.21. The van der Waals surface area contributed by atoms with E-state index in [9.17, 15) is 0 Å². The molecule has 1 aromatic heterocycles. The van der Waals surface area contributed by atoms with Gasteiger partial charge in [0.25, 0.3) is 0 Å². The van der Waals surface area contributed by atoms with Gasteiger partial charge in [-0.2, -0.15) is 0 Å². The predicted octanol–water partition coefficient (Wildman–Crippen LogP) is 1.75. The normalized spacial score (nSPS) is 19.7. The summed E-state index contributed by atoms with van der Waals surface area (Å²) in [6.07, 6.45) is 2.74. The molecular formula is C7H11N3S. The second kappa shape index (κ2) is 2.77. The van der Waals surface area contributed by atoms with Crippen molar-refractivity contribution in [2.75, 3.05) is 5.32 Å². The molecule has 1 aliphatic carbocycles. The molecule has 1 aromatic rings. The van der Waals surface area contributed by atoms with Crippen LogP contribution in [-0.2, 0) is 0 Å². The summed E-state index contributed by atoms with van der Waals surface area (Å²) in [5, 5.41) is 12.0. The first-order valence-corrected chi connectivity index (χ1v) is 4.77. The molecule has 2 rings (SSSR count). The summed E-state index contributed by atoms with van der Waals surface area (Å²) in [7, 11) is 0. The van der Waals surface area contributed by atoms with Gasteiger partial charge in [0.15, 0.2) is 0 Å². The van der Waals surface area contributed by atoms with Crippen LogP contribution in [0.3, 0.4) is 0 Å². The Morgan fingerprint density at radius 2 is 2.55 bits per heavy atom. The second-order valence-corrected chi connectivity index (χ2v) is 3.85. The zero-order valence-corrected chi connectivity index (χ0v) is 7.27. The van der Waals surface area contributed by atoms with E-state index in [-0.39, 0.29) is 0 Å². The van der Waals surface area contributed by atoms with E-state index in [1.165, 1.54) is 12.8 Å². The van der Waals surface area contributed by atoms with Crippen LogP contribution in [0.25, 0.3) is 0 Å². The third-order valence-corrected chi connectivity index (χ3v) is 2.66. The van der Waals surface area contributed by atoms with Gasteiger partial charge in [-0.15, -0.1) is 10.2 Å². The number of hydrogen-bond acceptors (Lipinski definition) is 4. The first-order valence-electron chi connectivity index (χ1n) is 3.89. The van der Waals surface area contributed by atoms with E-state index in [0.717, 1.165) is 11.0 Å². The molecule has 0 spiro atoms. The number of anilines is 1. The lowest BCUT2D eigenvalue weighted by Gasteiger charge is -2.09. The molecule has 11 heavy (non-hydrogen) atoms. The van der Waals surface area contributed by atoms with Crippen LogP contribution in [0.5, 0.6) is 0 Å². The molecule has 1 unspecified atom stereocenters. The summed E-state index contributed by atoms with van der Waals surface area (Å²) in [5.74, 6) is 0.874. The number of aromatic nitrogens is 2. The molecule has 0 bridgehead atoms. The lowest BCUT2D eigenvalue weighted by atomic mass is 10.2. The molecule has 4 heteroatoms. The Morgan fingerprint density at radius 1 is 1.73 bits per heavy atom. The highest BCUT2D eigenvalue weighted by Gasteiger charge is 2.28. The fourth-order valence-electron chi connectivity index (χ4n) is 1.14. The average Bonchev–Trinajstić information content (AvgIpc) is 2.73. The largest absolute Gasteiger partial charge is 0.357 e. The van der Waals surface area contributed by atoms with Crippen molar-refractivity contribution < 1.29 is 0 Å². The zero-order chi connectivity index (χ0) is 7.68. The Kier molecular flexibility index (Phi) is 1.77. The fraction of sp³-hybridized carbons (Fsp3) is 0.714. The minimum absolute atomic E-state index is 0.572. The summed E-state index contributed by atoms with van der Waals surface area (Å²) in [5.41, 5.74) is 1.75. The van der Waals surface area contributed by atoms with Crippen LogP contribution in [0.15, 0.2) is 5.51 Å². The van der Waals surface area contributed by atoms with Gasteiger partial charge in [-0.3, -0.25) is 0 Å². The van der Waals surface area contributed by atoms with E-state index >= 15 is 0 Å². The van der Waals surface area contributed by atoms with Crippen molar-refractivity contribution in [2.45, 2.75) is 25.8 Å². The van der Waals surface area contributed by atoms with E-state index in [1.807, 2.05) is 0 Å². The van der Waals surface area contributed by atoms with Crippen LogP contribution >= 0.6 is 11.3 Å². The van der Waals surface area contributed by atoms with E-state index in [1.54, 1.807) is 16.8 Å². The van der Waals surface area contributed by atoms with Crippen molar-refractivity contribution in [3.05, 3.63) is 5.51 Å². The van der Waals surface area contributed by atoms with Crippen LogP contribution in [0.4, 0.5) is 5.13 Å². The van der Waals surface area contributed by atoms with Gasteiger partial charge < -0.3 is 5.32 Å². The van der Waals surface area contributed by atoms with E-state index in [2.05, 4.69) is 22.4 Å². The standard InChI is InChI=1S/C7H11N3S/c1-5(6-2-3-6)9-7-10-8-4-11-7/h4-6H,2-3H2,1H3,(H,9,10). The molecule has 1 aliphatic rings. The maximum atomic E-state index is 3.92. The summed E-state index contributed by atoms with van der Waals surface area (Å²) < 4.78 is 0. The maximum Gasteiger partial charge on any atom is 0.205 e. The van der Waals surface area contributed by atoms with Gasteiger partial charge in [0.05, 0.1) is 0 Å². The molecule has 1 saturated carbocycles. The van der Waals surface area contributed by atoms with Crippen LogP contribution < -0.4 is 5.32 Å². The highest BCUT2D eigenvalue weighted by molar-refractivity contribution is 7.13. The minimum Gasteiger partial charge on any atom is -0.357 e. The van der Waals surface area contributed by atoms with Gasteiger partial charge >= 0.3 is 0 Å². The quantitative estimate of drug-likeness (QED) is 0.749. The molecule has 0 aliphatic heterocycles. The molecule has 1 heterocycles. The van der Waals surface area contributed by atoms with Gasteiger partial charge in [-0.25, -0.2) is 0 Å².